The second-order valence-electron chi connectivity index (χ2n) is 11.0. The van der Waals surface area contributed by atoms with Gasteiger partial charge in [0, 0.05) is 29.8 Å². The van der Waals surface area contributed by atoms with E-state index in [1.165, 1.54) is 68.7 Å². The molecule has 1 unspecified atom stereocenters. The molecule has 0 saturated carbocycles. The van der Waals surface area contributed by atoms with Crippen molar-refractivity contribution in [1.29, 1.82) is 0 Å². The van der Waals surface area contributed by atoms with Gasteiger partial charge >= 0.3 is 0 Å². The molecule has 0 N–H and O–H groups in total. The van der Waals surface area contributed by atoms with Gasteiger partial charge in [-0.3, -0.25) is 4.90 Å². The number of rotatable bonds is 7. The van der Waals surface area contributed by atoms with Crippen LogP contribution in [0.3, 0.4) is 0 Å². The Bertz CT molecular complexity index is 928. The first-order chi connectivity index (χ1) is 15.8. The molecule has 2 aliphatic heterocycles. The van der Waals surface area contributed by atoms with Gasteiger partial charge in [-0.05, 0) is 106 Å². The van der Waals surface area contributed by atoms with Crippen LogP contribution in [0.5, 0.6) is 0 Å². The van der Waals surface area contributed by atoms with Crippen LogP contribution in [-0.4, -0.2) is 37.1 Å². The molecule has 3 heteroatoms. The molecule has 4 rings (SSSR count). The molecule has 0 aliphatic carbocycles. The Labute approximate surface area is 206 Å². The third kappa shape index (κ3) is 6.22. The zero-order valence-electron chi connectivity index (χ0n) is 21.0. The molecule has 1 atom stereocenters. The fourth-order valence-electron chi connectivity index (χ4n) is 5.74. The van der Waals surface area contributed by atoms with E-state index in [-0.39, 0.29) is 5.41 Å². The van der Waals surface area contributed by atoms with E-state index in [0.717, 1.165) is 11.4 Å². The highest BCUT2D eigenvalue weighted by Crippen LogP contribution is 2.36. The number of hydrogen-bond donors (Lipinski definition) is 0. The van der Waals surface area contributed by atoms with Crippen LogP contribution in [0.2, 0.25) is 5.02 Å². The van der Waals surface area contributed by atoms with Gasteiger partial charge in [0.15, 0.2) is 0 Å². The van der Waals surface area contributed by atoms with Crippen LogP contribution in [0.4, 0.5) is 5.69 Å². The second-order valence-corrected chi connectivity index (χ2v) is 11.4. The van der Waals surface area contributed by atoms with E-state index >= 15 is 0 Å². The SMILES string of the molecule is CC(C)=CC(CC(C)(C)c1ccc(Cl)cc1)N1CCC(c2cccc(N3CCCC3)c2)CC1. The number of nitrogens with zero attached hydrogens (tertiary/aromatic N) is 2. The zero-order valence-corrected chi connectivity index (χ0v) is 21.7. The van der Waals surface area contributed by atoms with Gasteiger partial charge in [0.05, 0.1) is 0 Å². The third-order valence-electron chi connectivity index (χ3n) is 7.68. The normalized spacial score (nSPS) is 19.0. The van der Waals surface area contributed by atoms with E-state index in [9.17, 15) is 0 Å². The van der Waals surface area contributed by atoms with Gasteiger partial charge in [0.25, 0.3) is 0 Å². The number of hydrogen-bond acceptors (Lipinski definition) is 2. The Kier molecular flexibility index (Phi) is 7.87. The lowest BCUT2D eigenvalue weighted by Gasteiger charge is -2.40. The largest absolute Gasteiger partial charge is 0.372 e. The number of allylic oxidation sites excluding steroid dienone is 1. The van der Waals surface area contributed by atoms with Crippen LogP contribution in [0.15, 0.2) is 60.2 Å². The average Bonchev–Trinajstić information content (AvgIpc) is 3.34. The minimum absolute atomic E-state index is 0.0993. The lowest BCUT2D eigenvalue weighted by molar-refractivity contribution is 0.155. The van der Waals surface area contributed by atoms with Gasteiger partial charge in [-0.15, -0.1) is 0 Å². The summed E-state index contributed by atoms with van der Waals surface area (Å²) >= 11 is 6.15. The molecule has 2 nitrogen and oxygen atoms in total. The molecule has 2 aromatic rings. The number of likely N-dealkylation sites (tertiary alicyclic amines) is 1. The van der Waals surface area contributed by atoms with Gasteiger partial charge in [-0.2, -0.15) is 0 Å². The zero-order chi connectivity index (χ0) is 23.4. The highest BCUT2D eigenvalue weighted by molar-refractivity contribution is 6.30. The Hall–Kier alpha value is -1.77. The van der Waals surface area contributed by atoms with Crippen molar-refractivity contribution in [2.24, 2.45) is 0 Å². The summed E-state index contributed by atoms with van der Waals surface area (Å²) in [5, 5.41) is 0.811. The molecular formula is C30H41ClN2. The molecular weight excluding hydrogens is 424 g/mol. The molecule has 178 valence electrons. The van der Waals surface area contributed by atoms with Gasteiger partial charge in [-0.25, -0.2) is 0 Å². The molecule has 33 heavy (non-hydrogen) atoms. The summed E-state index contributed by atoms with van der Waals surface area (Å²) in [7, 11) is 0. The number of anilines is 1. The highest BCUT2D eigenvalue weighted by atomic mass is 35.5. The van der Waals surface area contributed by atoms with Crippen molar-refractivity contribution in [3.05, 3.63) is 76.3 Å². The first-order valence-corrected chi connectivity index (χ1v) is 13.2. The second kappa shape index (κ2) is 10.7. The average molecular weight is 465 g/mol. The lowest BCUT2D eigenvalue weighted by atomic mass is 9.78. The van der Waals surface area contributed by atoms with E-state index in [2.05, 4.69) is 80.0 Å². The first kappa shape index (κ1) is 24.4. The van der Waals surface area contributed by atoms with Crippen molar-refractivity contribution in [2.45, 2.75) is 77.2 Å². The summed E-state index contributed by atoms with van der Waals surface area (Å²) in [4.78, 5) is 5.29. The van der Waals surface area contributed by atoms with Crippen molar-refractivity contribution >= 4 is 17.3 Å². The maximum Gasteiger partial charge on any atom is 0.0406 e. The minimum atomic E-state index is 0.0993. The minimum Gasteiger partial charge on any atom is -0.372 e. The van der Waals surface area contributed by atoms with Crippen LogP contribution in [0.25, 0.3) is 0 Å². The molecule has 2 heterocycles. The summed E-state index contributed by atoms with van der Waals surface area (Å²) < 4.78 is 0. The van der Waals surface area contributed by atoms with E-state index in [1.807, 2.05) is 12.1 Å². The van der Waals surface area contributed by atoms with Crippen molar-refractivity contribution in [2.75, 3.05) is 31.1 Å². The van der Waals surface area contributed by atoms with Crippen molar-refractivity contribution in [1.82, 2.24) is 4.90 Å². The molecule has 2 aromatic carbocycles. The summed E-state index contributed by atoms with van der Waals surface area (Å²) in [6.45, 7) is 14.0. The third-order valence-corrected chi connectivity index (χ3v) is 7.93. The molecule has 0 bridgehead atoms. The van der Waals surface area contributed by atoms with Crippen LogP contribution in [-0.2, 0) is 5.41 Å². The van der Waals surface area contributed by atoms with Crippen molar-refractivity contribution in [3.63, 3.8) is 0 Å². The molecule has 0 aromatic heterocycles. The van der Waals surface area contributed by atoms with Gasteiger partial charge < -0.3 is 4.90 Å². The summed E-state index contributed by atoms with van der Waals surface area (Å²) in [5.41, 5.74) is 5.85. The topological polar surface area (TPSA) is 6.48 Å². The van der Waals surface area contributed by atoms with Gasteiger partial charge in [0.1, 0.15) is 0 Å². The predicted octanol–water partition coefficient (Wildman–Crippen LogP) is 7.82. The Morgan fingerprint density at radius 3 is 2.30 bits per heavy atom. The van der Waals surface area contributed by atoms with Crippen LogP contribution in [0.1, 0.15) is 76.8 Å². The van der Waals surface area contributed by atoms with Gasteiger partial charge in [0.2, 0.25) is 0 Å². The summed E-state index contributed by atoms with van der Waals surface area (Å²) in [6, 6.07) is 18.3. The first-order valence-electron chi connectivity index (χ1n) is 12.8. The van der Waals surface area contributed by atoms with Crippen molar-refractivity contribution in [3.8, 4) is 0 Å². The van der Waals surface area contributed by atoms with E-state index in [4.69, 9.17) is 11.6 Å². The molecule has 2 fully saturated rings. The van der Waals surface area contributed by atoms with E-state index in [0.29, 0.717) is 12.0 Å². The molecule has 0 spiro atoms. The van der Waals surface area contributed by atoms with E-state index < -0.39 is 0 Å². The Morgan fingerprint density at radius 2 is 1.67 bits per heavy atom. The van der Waals surface area contributed by atoms with Crippen LogP contribution in [0, 0.1) is 0 Å². The maximum atomic E-state index is 6.15. The maximum absolute atomic E-state index is 6.15. The highest BCUT2D eigenvalue weighted by Gasteiger charge is 2.30. The monoisotopic (exact) mass is 464 g/mol. The number of halogens is 1. The Balaban J connectivity index is 1.43. The molecule has 0 radical (unpaired) electrons. The van der Waals surface area contributed by atoms with Crippen LogP contribution < -0.4 is 4.90 Å². The molecule has 2 aliphatic rings. The standard InChI is InChI=1S/C30H41ClN2/c1-23(2)20-29(22-30(3,4)26-10-12-27(31)13-11-26)33-18-14-24(15-19-33)25-8-7-9-28(21-25)32-16-5-6-17-32/h7-13,20-21,24,29H,5-6,14-19,22H2,1-4H3. The molecule has 0 amide bonds. The smallest absolute Gasteiger partial charge is 0.0406 e. The van der Waals surface area contributed by atoms with Crippen LogP contribution >= 0.6 is 11.6 Å². The van der Waals surface area contributed by atoms with Crippen molar-refractivity contribution < 1.29 is 0 Å². The lowest BCUT2D eigenvalue weighted by Crippen LogP contribution is -2.43. The Morgan fingerprint density at radius 1 is 1.00 bits per heavy atom. The summed E-state index contributed by atoms with van der Waals surface area (Å²) in [5.74, 6) is 0.681. The van der Waals surface area contributed by atoms with E-state index in [1.54, 1.807) is 5.56 Å². The number of piperidine rings is 1. The number of benzene rings is 2. The fourth-order valence-corrected chi connectivity index (χ4v) is 5.86. The predicted molar refractivity (Wildman–Crippen MR) is 144 cm³/mol. The fraction of sp³-hybridized carbons (Fsp3) is 0.533. The summed E-state index contributed by atoms with van der Waals surface area (Å²) in [6.07, 6.45) is 8.78. The van der Waals surface area contributed by atoms with Gasteiger partial charge in [-0.1, -0.05) is 61.4 Å². The quantitative estimate of drug-likeness (QED) is 0.385. The molecule has 2 saturated heterocycles.